The molecule has 3 heteroatoms. The van der Waals surface area contributed by atoms with E-state index in [0.29, 0.717) is 12.0 Å². The molecule has 0 fully saturated rings. The number of fused-ring (bicyclic) bond motifs is 1. The average Bonchev–Trinajstić information content (AvgIpc) is 2.87. The normalized spacial score (nSPS) is 29.6. The molecule has 2 N–H and O–H groups in total. The van der Waals surface area contributed by atoms with E-state index in [2.05, 4.69) is 28.5 Å². The van der Waals surface area contributed by atoms with Crippen LogP contribution in [0.1, 0.15) is 16.9 Å². The summed E-state index contributed by atoms with van der Waals surface area (Å²) in [5.41, 5.74) is 7.43. The summed E-state index contributed by atoms with van der Waals surface area (Å²) in [5.74, 6) is 0.676. The van der Waals surface area contributed by atoms with Crippen molar-refractivity contribution in [1.82, 2.24) is 4.90 Å². The van der Waals surface area contributed by atoms with Gasteiger partial charge in [-0.2, -0.15) is 0 Å². The second kappa shape index (κ2) is 4.32. The maximum Gasteiger partial charge on any atom is 0.0245 e. The Morgan fingerprint density at radius 3 is 3.19 bits per heavy atom. The van der Waals surface area contributed by atoms with Gasteiger partial charge < -0.3 is 5.73 Å². The molecule has 0 saturated carbocycles. The van der Waals surface area contributed by atoms with Gasteiger partial charge in [0.25, 0.3) is 0 Å². The zero-order valence-corrected chi connectivity index (χ0v) is 10.2. The van der Waals surface area contributed by atoms with E-state index >= 15 is 0 Å². The maximum absolute atomic E-state index is 5.89. The highest BCUT2D eigenvalue weighted by atomic mass is 32.1. The van der Waals surface area contributed by atoms with Gasteiger partial charge in [0.15, 0.2) is 0 Å². The zero-order valence-electron chi connectivity index (χ0n) is 9.43. The zero-order chi connectivity index (χ0) is 11.0. The van der Waals surface area contributed by atoms with E-state index in [4.69, 9.17) is 5.73 Å². The van der Waals surface area contributed by atoms with Crippen molar-refractivity contribution in [2.75, 3.05) is 13.1 Å². The largest absolute Gasteiger partial charge is 0.324 e. The quantitative estimate of drug-likeness (QED) is 0.793. The molecule has 86 valence electrons. The Kier molecular flexibility index (Phi) is 2.84. The van der Waals surface area contributed by atoms with Crippen molar-refractivity contribution >= 4 is 11.3 Å². The molecule has 0 saturated heterocycles. The molecule has 0 radical (unpaired) electrons. The van der Waals surface area contributed by atoms with E-state index in [1.807, 2.05) is 11.3 Å². The Hall–Kier alpha value is -0.640. The first-order chi connectivity index (χ1) is 7.81. The van der Waals surface area contributed by atoms with Crippen LogP contribution >= 0.6 is 11.3 Å². The second-order valence-corrected chi connectivity index (χ2v) is 5.90. The summed E-state index contributed by atoms with van der Waals surface area (Å²) in [6.45, 7) is 3.53. The summed E-state index contributed by atoms with van der Waals surface area (Å²) in [5, 5.41) is 2.22. The predicted molar refractivity (Wildman–Crippen MR) is 68.5 cm³/mol. The topological polar surface area (TPSA) is 29.3 Å². The van der Waals surface area contributed by atoms with Crippen molar-refractivity contribution in [2.45, 2.75) is 25.4 Å². The third-order valence-electron chi connectivity index (χ3n) is 3.58. The molecular weight excluding hydrogens is 216 g/mol. The summed E-state index contributed by atoms with van der Waals surface area (Å²) in [7, 11) is 0. The van der Waals surface area contributed by atoms with Crippen molar-refractivity contribution in [1.29, 1.82) is 0 Å². The third kappa shape index (κ3) is 2.08. The van der Waals surface area contributed by atoms with Crippen LogP contribution in [-0.4, -0.2) is 24.0 Å². The summed E-state index contributed by atoms with van der Waals surface area (Å²) in [6, 6.07) is 2.58. The van der Waals surface area contributed by atoms with Crippen LogP contribution in [0.4, 0.5) is 0 Å². The molecule has 2 heterocycles. The lowest BCUT2D eigenvalue weighted by Gasteiger charge is -2.28. The van der Waals surface area contributed by atoms with Gasteiger partial charge in [0.2, 0.25) is 0 Å². The first kappa shape index (κ1) is 10.5. The Bertz CT molecular complexity index is 396. The van der Waals surface area contributed by atoms with Crippen LogP contribution in [0.2, 0.25) is 0 Å². The van der Waals surface area contributed by atoms with Gasteiger partial charge in [0, 0.05) is 30.6 Å². The van der Waals surface area contributed by atoms with Crippen LogP contribution in [0.25, 0.3) is 0 Å². The standard InChI is InChI=1S/C13H18N2S/c14-12-2-1-10(7-12)8-15-5-3-13-11(9-15)4-6-16-13/h1-2,4,6,10,12H,3,5,7-9,14H2. The fraction of sp³-hybridized carbons (Fsp3) is 0.538. The van der Waals surface area contributed by atoms with E-state index in [1.165, 1.54) is 19.5 Å². The summed E-state index contributed by atoms with van der Waals surface area (Å²) in [4.78, 5) is 4.16. The molecule has 1 aromatic rings. The van der Waals surface area contributed by atoms with Crippen LogP contribution in [0, 0.1) is 5.92 Å². The highest BCUT2D eigenvalue weighted by Gasteiger charge is 2.22. The van der Waals surface area contributed by atoms with E-state index in [9.17, 15) is 0 Å². The van der Waals surface area contributed by atoms with Gasteiger partial charge in [0.1, 0.15) is 0 Å². The van der Waals surface area contributed by atoms with Crippen molar-refractivity contribution in [3.8, 4) is 0 Å². The molecule has 1 aliphatic carbocycles. The molecule has 1 aromatic heterocycles. The summed E-state index contributed by atoms with van der Waals surface area (Å²) in [6.07, 6.45) is 6.82. The molecule has 16 heavy (non-hydrogen) atoms. The number of rotatable bonds is 2. The van der Waals surface area contributed by atoms with Crippen LogP contribution in [0.15, 0.2) is 23.6 Å². The maximum atomic E-state index is 5.89. The van der Waals surface area contributed by atoms with Gasteiger partial charge in [-0.1, -0.05) is 12.2 Å². The number of thiophene rings is 1. The predicted octanol–water partition coefficient (Wildman–Crippen LogP) is 2.01. The molecule has 3 rings (SSSR count). The van der Waals surface area contributed by atoms with Gasteiger partial charge in [0.05, 0.1) is 0 Å². The lowest BCUT2D eigenvalue weighted by Crippen LogP contribution is -2.33. The highest BCUT2D eigenvalue weighted by molar-refractivity contribution is 7.10. The summed E-state index contributed by atoms with van der Waals surface area (Å²) < 4.78 is 0. The fourth-order valence-corrected chi connectivity index (χ4v) is 3.63. The lowest BCUT2D eigenvalue weighted by molar-refractivity contribution is 0.229. The van der Waals surface area contributed by atoms with Crippen LogP contribution < -0.4 is 5.73 Å². The fourth-order valence-electron chi connectivity index (χ4n) is 2.74. The molecule has 0 bridgehead atoms. The lowest BCUT2D eigenvalue weighted by atomic mass is 10.0. The molecule has 2 atom stereocenters. The summed E-state index contributed by atoms with van der Waals surface area (Å²) >= 11 is 1.91. The second-order valence-electron chi connectivity index (χ2n) is 4.90. The van der Waals surface area contributed by atoms with E-state index in [1.54, 1.807) is 10.4 Å². The van der Waals surface area contributed by atoms with Crippen molar-refractivity contribution in [2.24, 2.45) is 11.7 Å². The first-order valence-electron chi connectivity index (χ1n) is 6.03. The molecule has 0 spiro atoms. The van der Waals surface area contributed by atoms with Gasteiger partial charge in [-0.15, -0.1) is 11.3 Å². The number of hydrogen-bond acceptors (Lipinski definition) is 3. The van der Waals surface area contributed by atoms with Gasteiger partial charge >= 0.3 is 0 Å². The molecule has 0 amide bonds. The Balaban J connectivity index is 1.60. The molecule has 2 nitrogen and oxygen atoms in total. The average molecular weight is 234 g/mol. The number of hydrogen-bond donors (Lipinski definition) is 1. The first-order valence-corrected chi connectivity index (χ1v) is 6.91. The van der Waals surface area contributed by atoms with Crippen molar-refractivity contribution < 1.29 is 0 Å². The van der Waals surface area contributed by atoms with Crippen molar-refractivity contribution in [3.63, 3.8) is 0 Å². The van der Waals surface area contributed by atoms with Gasteiger partial charge in [-0.3, -0.25) is 4.90 Å². The molecular formula is C13H18N2S. The van der Waals surface area contributed by atoms with E-state index < -0.39 is 0 Å². The minimum atomic E-state index is 0.298. The molecule has 2 unspecified atom stereocenters. The van der Waals surface area contributed by atoms with Crippen LogP contribution in [0.5, 0.6) is 0 Å². The van der Waals surface area contributed by atoms with Crippen LogP contribution in [0.3, 0.4) is 0 Å². The Morgan fingerprint density at radius 1 is 1.44 bits per heavy atom. The Labute approximate surface area is 101 Å². The van der Waals surface area contributed by atoms with E-state index in [-0.39, 0.29) is 0 Å². The van der Waals surface area contributed by atoms with Crippen molar-refractivity contribution in [3.05, 3.63) is 34.0 Å². The SMILES string of the molecule is NC1C=CC(CN2CCc3sccc3C2)C1. The molecule has 2 aliphatic rings. The van der Waals surface area contributed by atoms with Crippen LogP contribution in [-0.2, 0) is 13.0 Å². The van der Waals surface area contributed by atoms with E-state index in [0.717, 1.165) is 13.0 Å². The third-order valence-corrected chi connectivity index (χ3v) is 4.61. The monoisotopic (exact) mass is 234 g/mol. The number of nitrogens with zero attached hydrogens (tertiary/aromatic N) is 1. The Morgan fingerprint density at radius 2 is 2.38 bits per heavy atom. The minimum absolute atomic E-state index is 0.298. The molecule has 0 aromatic carbocycles. The molecule has 1 aliphatic heterocycles. The minimum Gasteiger partial charge on any atom is -0.324 e. The van der Waals surface area contributed by atoms with Gasteiger partial charge in [-0.25, -0.2) is 0 Å². The smallest absolute Gasteiger partial charge is 0.0245 e. The number of nitrogens with two attached hydrogens (primary N) is 1. The van der Waals surface area contributed by atoms with Gasteiger partial charge in [-0.05, 0) is 35.8 Å². The highest BCUT2D eigenvalue weighted by Crippen LogP contribution is 2.26.